The van der Waals surface area contributed by atoms with Crippen LogP contribution >= 0.6 is 79.1 Å². The number of alkyl halides is 3. The highest BCUT2D eigenvalue weighted by Crippen LogP contribution is 2.36. The predicted octanol–water partition coefficient (Wildman–Crippen LogP) is 3.67. The largest absolute Gasteiger partial charge is 0.391 e. The van der Waals surface area contributed by atoms with E-state index in [0.717, 1.165) is 21.7 Å². The smallest absolute Gasteiger partial charge is 0.246 e. The molecule has 0 spiro atoms. The molecular formula is C28H36I3N5O6S. The third-order valence-electron chi connectivity index (χ3n) is 6.75. The van der Waals surface area contributed by atoms with Gasteiger partial charge in [0.1, 0.15) is 24.7 Å². The molecule has 1 fully saturated rings. The number of aliphatic hydroxyl groups is 1. The second-order valence-corrected chi connectivity index (χ2v) is 22.4. The van der Waals surface area contributed by atoms with Crippen LogP contribution in [0.3, 0.4) is 0 Å². The lowest BCUT2D eigenvalue weighted by molar-refractivity contribution is -0.141. The Labute approximate surface area is 296 Å². The van der Waals surface area contributed by atoms with Gasteiger partial charge in [0.05, 0.1) is 22.2 Å². The lowest BCUT2D eigenvalue weighted by Gasteiger charge is -2.28. The second-order valence-electron chi connectivity index (χ2n) is 10.8. The van der Waals surface area contributed by atoms with E-state index in [2.05, 4.69) is 20.9 Å². The van der Waals surface area contributed by atoms with E-state index in [1.165, 1.54) is 11.8 Å². The maximum Gasteiger partial charge on any atom is 0.246 e. The van der Waals surface area contributed by atoms with E-state index in [0.29, 0.717) is 6.42 Å². The van der Waals surface area contributed by atoms with Crippen molar-refractivity contribution in [2.24, 2.45) is 5.92 Å². The molecule has 0 bridgehead atoms. The number of carbonyl (C=O) groups is 4. The van der Waals surface area contributed by atoms with Gasteiger partial charge in [-0.25, -0.2) is 4.98 Å². The fourth-order valence-corrected chi connectivity index (χ4v) is 5.96. The highest BCUT2D eigenvalue weighted by Gasteiger charge is 2.41. The molecule has 1 aliphatic rings. The van der Waals surface area contributed by atoms with Crippen LogP contribution in [-0.2, 0) is 30.5 Å². The lowest BCUT2D eigenvalue weighted by Crippen LogP contribution is -2.56. The molecule has 1 aromatic heterocycles. The van der Waals surface area contributed by atoms with E-state index >= 15 is 0 Å². The standard InChI is InChI=1S/C28H36I3N5O6S/c1-15(2)9-21(35-23(38)13-42-28(29,30)31)25(39)34-17(4)27(41)36-12-20(37)10-22(36)26(40)32-11-18-5-7-19(8-6-18)24-16(3)33-14-43-24/h5-8,14-15,17,20-22,37H,9-13H2,1-4H3,(H,32,40)(H,34,39)(H,35,38)/t17-,20+,21-,22-/m0/s1. The monoisotopic (exact) mass is 951 g/mol. The van der Waals surface area contributed by atoms with Gasteiger partial charge in [-0.2, -0.15) is 0 Å². The summed E-state index contributed by atoms with van der Waals surface area (Å²) in [5, 5.41) is 18.6. The molecule has 11 nitrogen and oxygen atoms in total. The summed E-state index contributed by atoms with van der Waals surface area (Å²) < 4.78 is 4.87. The minimum absolute atomic E-state index is 0.0197. The van der Waals surface area contributed by atoms with Crippen molar-refractivity contribution in [1.82, 2.24) is 25.8 Å². The van der Waals surface area contributed by atoms with Crippen LogP contribution in [0.25, 0.3) is 10.4 Å². The average molecular weight is 951 g/mol. The van der Waals surface area contributed by atoms with Crippen molar-refractivity contribution >= 4 is 103 Å². The Kier molecular flexibility index (Phi) is 13.9. The Balaban J connectivity index is 1.58. The maximum absolute atomic E-state index is 13.4. The molecule has 15 heteroatoms. The molecule has 0 aliphatic carbocycles. The van der Waals surface area contributed by atoms with Crippen LogP contribution in [0.1, 0.15) is 44.9 Å². The van der Waals surface area contributed by atoms with E-state index < -0.39 is 41.6 Å². The molecule has 0 radical (unpaired) electrons. The third-order valence-corrected chi connectivity index (χ3v) is 8.66. The van der Waals surface area contributed by atoms with Crippen molar-refractivity contribution in [3.63, 3.8) is 0 Å². The fraction of sp³-hybridized carbons (Fsp3) is 0.536. The van der Waals surface area contributed by atoms with Crippen molar-refractivity contribution in [3.05, 3.63) is 41.0 Å². The number of amides is 4. The molecule has 0 unspecified atom stereocenters. The summed E-state index contributed by atoms with van der Waals surface area (Å²) in [5.41, 5.74) is 4.71. The molecule has 4 N–H and O–H groups in total. The van der Waals surface area contributed by atoms with E-state index in [-0.39, 0.29) is 37.9 Å². The first-order chi connectivity index (χ1) is 20.1. The number of thiazole rings is 1. The number of β-amino-alcohol motifs (C(OH)–C–C–N with tert-alkyl or cyclic N) is 1. The van der Waals surface area contributed by atoms with E-state index in [1.807, 2.05) is 113 Å². The van der Waals surface area contributed by atoms with Crippen molar-refractivity contribution < 1.29 is 29.0 Å². The van der Waals surface area contributed by atoms with Crippen molar-refractivity contribution in [2.75, 3.05) is 13.2 Å². The number of halogens is 3. The zero-order valence-corrected chi connectivity index (χ0v) is 31.5. The van der Waals surface area contributed by atoms with E-state index in [1.54, 1.807) is 16.8 Å². The van der Waals surface area contributed by atoms with Crippen molar-refractivity contribution in [2.45, 2.75) is 70.9 Å². The van der Waals surface area contributed by atoms with Gasteiger partial charge in [-0.1, -0.05) is 38.1 Å². The molecule has 0 saturated carbocycles. The predicted molar refractivity (Wildman–Crippen MR) is 190 cm³/mol. The first kappa shape index (κ1) is 36.3. The molecule has 43 heavy (non-hydrogen) atoms. The normalized spacial score (nSPS) is 18.3. The quantitative estimate of drug-likeness (QED) is 0.177. The van der Waals surface area contributed by atoms with Crippen LogP contribution in [0, 0.1) is 12.8 Å². The molecule has 4 amide bonds. The molecular weight excluding hydrogens is 915 g/mol. The van der Waals surface area contributed by atoms with E-state index in [4.69, 9.17) is 4.74 Å². The number of likely N-dealkylation sites (tertiary alicyclic amines) is 1. The van der Waals surface area contributed by atoms with Crippen molar-refractivity contribution in [1.29, 1.82) is 0 Å². The highest BCUT2D eigenvalue weighted by molar-refractivity contribution is 14.3. The number of benzene rings is 1. The number of carbonyl (C=O) groups excluding carboxylic acids is 4. The Morgan fingerprint density at radius 2 is 1.81 bits per heavy atom. The van der Waals surface area contributed by atoms with Crippen LogP contribution < -0.4 is 16.0 Å². The highest BCUT2D eigenvalue weighted by atomic mass is 127. The fourth-order valence-electron chi connectivity index (χ4n) is 4.68. The number of nitrogens with one attached hydrogen (secondary N) is 3. The number of aromatic nitrogens is 1. The van der Waals surface area contributed by atoms with Gasteiger partial charge in [-0.3, -0.25) is 19.2 Å². The maximum atomic E-state index is 13.4. The third kappa shape index (κ3) is 11.3. The summed E-state index contributed by atoms with van der Waals surface area (Å²) >= 11 is 7.69. The Morgan fingerprint density at radius 3 is 2.40 bits per heavy atom. The summed E-state index contributed by atoms with van der Waals surface area (Å²) in [5.74, 6) is -1.73. The van der Waals surface area contributed by atoms with Crippen LogP contribution in [0.15, 0.2) is 29.8 Å². The Bertz CT molecular complexity index is 1290. The Morgan fingerprint density at radius 1 is 1.14 bits per heavy atom. The van der Waals surface area contributed by atoms with Gasteiger partial charge >= 0.3 is 0 Å². The number of nitrogens with zero attached hydrogens (tertiary/aromatic N) is 2. The number of aryl methyl sites for hydroxylation is 1. The average Bonchev–Trinajstić information content (AvgIpc) is 3.54. The zero-order chi connectivity index (χ0) is 31.9. The molecule has 1 aromatic carbocycles. The summed E-state index contributed by atoms with van der Waals surface area (Å²) in [6.45, 7) is 7.36. The van der Waals surface area contributed by atoms with Gasteiger partial charge in [-0.05, 0) is 105 Å². The first-order valence-electron chi connectivity index (χ1n) is 13.7. The number of aliphatic hydroxyl groups excluding tert-OH is 1. The van der Waals surface area contributed by atoms with Gasteiger partial charge < -0.3 is 30.7 Å². The van der Waals surface area contributed by atoms with Crippen molar-refractivity contribution in [3.8, 4) is 10.4 Å². The number of hydrogen-bond donors (Lipinski definition) is 4. The number of rotatable bonds is 13. The summed E-state index contributed by atoms with van der Waals surface area (Å²) in [4.78, 5) is 58.8. The lowest BCUT2D eigenvalue weighted by atomic mass is 10.0. The van der Waals surface area contributed by atoms with Gasteiger partial charge in [0.15, 0.2) is 0 Å². The molecule has 236 valence electrons. The van der Waals surface area contributed by atoms with Crippen LogP contribution in [0.2, 0.25) is 0 Å². The summed E-state index contributed by atoms with van der Waals surface area (Å²) in [6, 6.07) is 5.09. The molecule has 1 saturated heterocycles. The molecule has 2 heterocycles. The van der Waals surface area contributed by atoms with Gasteiger partial charge in [0, 0.05) is 19.5 Å². The Hall–Kier alpha value is -1.16. The summed E-state index contributed by atoms with van der Waals surface area (Å²) in [7, 11) is 0. The molecule has 4 atom stereocenters. The first-order valence-corrected chi connectivity index (χ1v) is 17.8. The van der Waals surface area contributed by atoms with Crippen LogP contribution in [0.4, 0.5) is 0 Å². The van der Waals surface area contributed by atoms with E-state index in [9.17, 15) is 24.3 Å². The zero-order valence-electron chi connectivity index (χ0n) is 24.2. The number of hydrogen-bond acceptors (Lipinski definition) is 8. The van der Waals surface area contributed by atoms with Crippen LogP contribution in [-0.4, -0.2) is 75.6 Å². The summed E-state index contributed by atoms with van der Waals surface area (Å²) in [6.07, 6.45) is -0.404. The van der Waals surface area contributed by atoms with Gasteiger partial charge in [0.2, 0.25) is 23.2 Å². The number of ether oxygens (including phenoxy) is 1. The minimum atomic E-state index is -0.982. The molecule has 2 aromatic rings. The second kappa shape index (κ2) is 16.4. The van der Waals surface area contributed by atoms with Gasteiger partial charge in [0.25, 0.3) is 0 Å². The SMILES string of the molecule is Cc1ncsc1-c1ccc(CNC(=O)[C@@H]2C[C@@H](O)CN2C(=O)[C@H](C)NC(=O)[C@H](CC(C)C)NC(=O)COC(I)(I)I)cc1. The molecule has 3 rings (SSSR count). The molecule has 1 aliphatic heterocycles. The minimum Gasteiger partial charge on any atom is -0.391 e. The topological polar surface area (TPSA) is 150 Å². The van der Waals surface area contributed by atoms with Crippen LogP contribution in [0.5, 0.6) is 0 Å². The van der Waals surface area contributed by atoms with Gasteiger partial charge in [-0.15, -0.1) is 11.3 Å².